The smallest absolute Gasteiger partial charge is 0.320 e. The lowest BCUT2D eigenvalue weighted by atomic mass is 9.90. The van der Waals surface area contributed by atoms with Crippen LogP contribution in [-0.2, 0) is 4.79 Å². The van der Waals surface area contributed by atoms with Gasteiger partial charge in [0.25, 0.3) is 0 Å². The Bertz CT molecular complexity index is 245. The van der Waals surface area contributed by atoms with Gasteiger partial charge in [0.2, 0.25) is 0 Å². The molecule has 0 aromatic rings. The Morgan fingerprint density at radius 1 is 1.41 bits per heavy atom. The average molecular weight is 243 g/mol. The third kappa shape index (κ3) is 3.96. The first-order chi connectivity index (χ1) is 8.07. The van der Waals surface area contributed by atoms with Crippen molar-refractivity contribution < 1.29 is 15.0 Å². The number of carboxylic acid groups (broad SMARTS) is 1. The van der Waals surface area contributed by atoms with Crippen LogP contribution in [0.2, 0.25) is 0 Å². The second kappa shape index (κ2) is 6.97. The summed E-state index contributed by atoms with van der Waals surface area (Å²) in [5, 5.41) is 19.2. The molecule has 0 saturated heterocycles. The van der Waals surface area contributed by atoms with Gasteiger partial charge in [0.05, 0.1) is 6.10 Å². The van der Waals surface area contributed by atoms with Crippen molar-refractivity contribution in [1.29, 1.82) is 0 Å². The van der Waals surface area contributed by atoms with Gasteiger partial charge >= 0.3 is 5.97 Å². The molecule has 2 N–H and O–H groups in total. The molecule has 3 atom stereocenters. The number of nitrogens with zero attached hydrogens (tertiary/aromatic N) is 1. The molecule has 17 heavy (non-hydrogen) atoms. The molecular formula is C13H25NO3. The SMILES string of the molecule is CCCCC(C(=O)O)N(C)C1CCCCC1O. The van der Waals surface area contributed by atoms with Crippen molar-refractivity contribution in [3.05, 3.63) is 0 Å². The summed E-state index contributed by atoms with van der Waals surface area (Å²) in [5.41, 5.74) is 0. The molecule has 1 aliphatic carbocycles. The summed E-state index contributed by atoms with van der Waals surface area (Å²) in [6.45, 7) is 2.06. The second-order valence-corrected chi connectivity index (χ2v) is 5.08. The van der Waals surface area contributed by atoms with E-state index in [0.717, 1.165) is 38.5 Å². The largest absolute Gasteiger partial charge is 0.480 e. The number of carbonyl (C=O) groups is 1. The van der Waals surface area contributed by atoms with Gasteiger partial charge in [-0.2, -0.15) is 0 Å². The first kappa shape index (κ1) is 14.5. The molecule has 1 fully saturated rings. The van der Waals surface area contributed by atoms with Crippen LogP contribution in [0, 0.1) is 0 Å². The first-order valence-electron chi connectivity index (χ1n) is 6.70. The molecule has 4 nitrogen and oxygen atoms in total. The minimum Gasteiger partial charge on any atom is -0.480 e. The Morgan fingerprint density at radius 2 is 2.06 bits per heavy atom. The Balaban J connectivity index is 2.61. The quantitative estimate of drug-likeness (QED) is 0.747. The highest BCUT2D eigenvalue weighted by Gasteiger charge is 2.33. The number of aliphatic carboxylic acids is 1. The first-order valence-corrected chi connectivity index (χ1v) is 6.70. The topological polar surface area (TPSA) is 60.8 Å². The fourth-order valence-corrected chi connectivity index (χ4v) is 2.70. The van der Waals surface area contributed by atoms with Crippen LogP contribution < -0.4 is 0 Å². The van der Waals surface area contributed by atoms with Crippen molar-refractivity contribution >= 4 is 5.97 Å². The lowest BCUT2D eigenvalue weighted by Crippen LogP contribution is -2.51. The highest BCUT2D eigenvalue weighted by molar-refractivity contribution is 5.73. The summed E-state index contributed by atoms with van der Waals surface area (Å²) in [7, 11) is 1.84. The van der Waals surface area contributed by atoms with Gasteiger partial charge in [-0.1, -0.05) is 32.6 Å². The second-order valence-electron chi connectivity index (χ2n) is 5.08. The molecule has 0 heterocycles. The molecule has 1 saturated carbocycles. The summed E-state index contributed by atoms with van der Waals surface area (Å²) >= 11 is 0. The fraction of sp³-hybridized carbons (Fsp3) is 0.923. The van der Waals surface area contributed by atoms with Crippen molar-refractivity contribution in [2.75, 3.05) is 7.05 Å². The van der Waals surface area contributed by atoms with Gasteiger partial charge in [-0.15, -0.1) is 0 Å². The molecule has 0 aromatic carbocycles. The predicted octanol–water partition coefficient (Wildman–Crippen LogP) is 1.87. The van der Waals surface area contributed by atoms with E-state index >= 15 is 0 Å². The summed E-state index contributed by atoms with van der Waals surface area (Å²) < 4.78 is 0. The number of aliphatic hydroxyl groups is 1. The highest BCUT2D eigenvalue weighted by Crippen LogP contribution is 2.25. The van der Waals surface area contributed by atoms with Crippen LogP contribution in [0.3, 0.4) is 0 Å². The van der Waals surface area contributed by atoms with Gasteiger partial charge in [-0.3, -0.25) is 9.69 Å². The lowest BCUT2D eigenvalue weighted by molar-refractivity contribution is -0.145. The Hall–Kier alpha value is -0.610. The maximum atomic E-state index is 11.3. The molecule has 1 rings (SSSR count). The van der Waals surface area contributed by atoms with Gasteiger partial charge < -0.3 is 10.2 Å². The van der Waals surface area contributed by atoms with Crippen LogP contribution in [0.25, 0.3) is 0 Å². The zero-order valence-corrected chi connectivity index (χ0v) is 10.9. The summed E-state index contributed by atoms with van der Waals surface area (Å²) in [6, 6.07) is -0.436. The van der Waals surface area contributed by atoms with Gasteiger partial charge in [-0.05, 0) is 26.3 Å². The monoisotopic (exact) mass is 243 g/mol. The van der Waals surface area contributed by atoms with E-state index < -0.39 is 12.0 Å². The van der Waals surface area contributed by atoms with Crippen molar-refractivity contribution in [1.82, 2.24) is 4.90 Å². The fourth-order valence-electron chi connectivity index (χ4n) is 2.70. The van der Waals surface area contributed by atoms with Gasteiger partial charge in [0.15, 0.2) is 0 Å². The molecular weight excluding hydrogens is 218 g/mol. The van der Waals surface area contributed by atoms with Gasteiger partial charge in [-0.25, -0.2) is 0 Å². The Labute approximate surface area is 104 Å². The van der Waals surface area contributed by atoms with Crippen molar-refractivity contribution in [3.63, 3.8) is 0 Å². The van der Waals surface area contributed by atoms with E-state index in [1.807, 2.05) is 11.9 Å². The molecule has 100 valence electrons. The molecule has 0 radical (unpaired) electrons. The molecule has 0 aromatic heterocycles. The number of carboxylic acids is 1. The highest BCUT2D eigenvalue weighted by atomic mass is 16.4. The van der Waals surface area contributed by atoms with Crippen LogP contribution in [-0.4, -0.2) is 46.3 Å². The van der Waals surface area contributed by atoms with Crippen LogP contribution in [0.4, 0.5) is 0 Å². The molecule has 0 amide bonds. The molecule has 1 aliphatic rings. The minimum absolute atomic E-state index is 0.0155. The molecule has 0 spiro atoms. The maximum Gasteiger partial charge on any atom is 0.320 e. The van der Waals surface area contributed by atoms with E-state index in [0.29, 0.717) is 6.42 Å². The van der Waals surface area contributed by atoms with Gasteiger partial charge in [0.1, 0.15) is 6.04 Å². The van der Waals surface area contributed by atoms with E-state index in [9.17, 15) is 15.0 Å². The molecule has 4 heteroatoms. The van der Waals surface area contributed by atoms with Crippen molar-refractivity contribution in [3.8, 4) is 0 Å². The van der Waals surface area contributed by atoms with E-state index in [1.54, 1.807) is 0 Å². The number of hydrogen-bond donors (Lipinski definition) is 2. The zero-order valence-electron chi connectivity index (χ0n) is 10.9. The third-order valence-electron chi connectivity index (χ3n) is 3.82. The van der Waals surface area contributed by atoms with Crippen LogP contribution in [0.15, 0.2) is 0 Å². The number of likely N-dealkylation sites (N-methyl/N-ethyl adjacent to an activating group) is 1. The van der Waals surface area contributed by atoms with Crippen LogP contribution in [0.5, 0.6) is 0 Å². The maximum absolute atomic E-state index is 11.3. The number of hydrogen-bond acceptors (Lipinski definition) is 3. The number of unbranched alkanes of at least 4 members (excludes halogenated alkanes) is 1. The van der Waals surface area contributed by atoms with Crippen LogP contribution in [0.1, 0.15) is 51.9 Å². The van der Waals surface area contributed by atoms with E-state index in [1.165, 1.54) is 0 Å². The third-order valence-corrected chi connectivity index (χ3v) is 3.82. The standard InChI is InChI=1S/C13H25NO3/c1-3-4-7-11(13(16)17)14(2)10-8-5-6-9-12(10)15/h10-12,15H,3-9H2,1-2H3,(H,16,17). The van der Waals surface area contributed by atoms with E-state index in [4.69, 9.17) is 0 Å². The predicted molar refractivity (Wildman–Crippen MR) is 67.0 cm³/mol. The van der Waals surface area contributed by atoms with Crippen molar-refractivity contribution in [2.24, 2.45) is 0 Å². The van der Waals surface area contributed by atoms with E-state index in [2.05, 4.69) is 6.92 Å². The summed E-state index contributed by atoms with van der Waals surface area (Å²) in [5.74, 6) is -0.765. The zero-order chi connectivity index (χ0) is 12.8. The van der Waals surface area contributed by atoms with E-state index in [-0.39, 0.29) is 12.1 Å². The number of aliphatic hydroxyl groups excluding tert-OH is 1. The molecule has 3 unspecified atom stereocenters. The molecule has 0 bridgehead atoms. The minimum atomic E-state index is -0.765. The Morgan fingerprint density at radius 3 is 2.59 bits per heavy atom. The van der Waals surface area contributed by atoms with Crippen LogP contribution >= 0.6 is 0 Å². The van der Waals surface area contributed by atoms with Gasteiger partial charge in [0, 0.05) is 6.04 Å². The Kier molecular flexibility index (Phi) is 5.92. The lowest BCUT2D eigenvalue weighted by Gasteiger charge is -2.38. The molecule has 0 aliphatic heterocycles. The normalized spacial score (nSPS) is 27.1. The van der Waals surface area contributed by atoms with Crippen molar-refractivity contribution in [2.45, 2.75) is 70.1 Å². The number of rotatable bonds is 6. The summed E-state index contributed by atoms with van der Waals surface area (Å²) in [6.07, 6.45) is 6.09. The average Bonchev–Trinajstić information content (AvgIpc) is 2.29. The summed E-state index contributed by atoms with van der Waals surface area (Å²) in [4.78, 5) is 13.1.